The zero-order chi connectivity index (χ0) is 20.9. The van der Waals surface area contributed by atoms with Crippen molar-refractivity contribution in [2.24, 2.45) is 0 Å². The van der Waals surface area contributed by atoms with Crippen LogP contribution < -0.4 is 4.57 Å². The van der Waals surface area contributed by atoms with Crippen molar-refractivity contribution in [3.05, 3.63) is 100 Å². The molecular weight excluding hydrogens is 371 g/mol. The van der Waals surface area contributed by atoms with Gasteiger partial charge >= 0.3 is 6.18 Å². The third-order valence-electron chi connectivity index (χ3n) is 4.54. The number of pyridine rings is 1. The highest BCUT2D eigenvalue weighted by atomic mass is 19.4. The van der Waals surface area contributed by atoms with Gasteiger partial charge in [0.15, 0.2) is 0 Å². The molecule has 1 heterocycles. The zero-order valence-electron chi connectivity index (χ0n) is 16.4. The Morgan fingerprint density at radius 3 is 1.45 bits per heavy atom. The second-order valence-electron chi connectivity index (χ2n) is 7.06. The van der Waals surface area contributed by atoms with E-state index >= 15 is 0 Å². The summed E-state index contributed by atoms with van der Waals surface area (Å²) in [5, 5.41) is 0. The highest BCUT2D eigenvalue weighted by Crippen LogP contribution is 2.17. The molecule has 2 aromatic carbocycles. The van der Waals surface area contributed by atoms with Crippen molar-refractivity contribution in [1.29, 1.82) is 0 Å². The van der Waals surface area contributed by atoms with Crippen molar-refractivity contribution in [3.8, 4) is 0 Å². The monoisotopic (exact) mass is 394 g/mol. The summed E-state index contributed by atoms with van der Waals surface area (Å²) < 4.78 is 41.0. The molecule has 0 unspecified atom stereocenters. The van der Waals surface area contributed by atoms with E-state index in [2.05, 4.69) is 0 Å². The normalized spacial score (nSPS) is 12.2. The van der Waals surface area contributed by atoms with Crippen molar-refractivity contribution in [2.45, 2.75) is 26.6 Å². The maximum atomic E-state index is 13.2. The summed E-state index contributed by atoms with van der Waals surface area (Å²) in [6.07, 6.45) is 2.79. The Morgan fingerprint density at radius 2 is 1.07 bits per heavy atom. The fourth-order valence-corrected chi connectivity index (χ4v) is 2.95. The Bertz CT molecular complexity index is 938. The van der Waals surface area contributed by atoms with Crippen LogP contribution in [0.4, 0.5) is 13.2 Å². The molecule has 0 N–H and O–H groups in total. The van der Waals surface area contributed by atoms with Gasteiger partial charge in [0.05, 0.1) is 0 Å². The Morgan fingerprint density at radius 1 is 0.655 bits per heavy atom. The first kappa shape index (κ1) is 20.6. The predicted molar refractivity (Wildman–Crippen MR) is 113 cm³/mol. The quantitative estimate of drug-likeness (QED) is 0.435. The van der Waals surface area contributed by atoms with Gasteiger partial charge in [-0.25, -0.2) is 0 Å². The van der Waals surface area contributed by atoms with Crippen LogP contribution in [0.2, 0.25) is 0 Å². The van der Waals surface area contributed by atoms with E-state index in [0.717, 1.165) is 22.3 Å². The van der Waals surface area contributed by atoms with Gasteiger partial charge in [0.25, 0.3) is 0 Å². The van der Waals surface area contributed by atoms with Gasteiger partial charge in [0.1, 0.15) is 0 Å². The minimum atomic E-state index is -4.31. The number of nitrogens with zero attached hydrogens (tertiary/aromatic N) is 1. The molecule has 1 nitrogen and oxygen atoms in total. The SMILES string of the molecule is Cc1ccc(/C=C/c2cccc(/C=C/c3ccc(C)cc3)[n+]2CC(F)(F)F)cc1. The molecule has 0 spiro atoms. The van der Waals surface area contributed by atoms with E-state index < -0.39 is 12.7 Å². The average Bonchev–Trinajstić information content (AvgIpc) is 2.67. The number of hydrogen-bond donors (Lipinski definition) is 0. The van der Waals surface area contributed by atoms with E-state index in [9.17, 15) is 13.2 Å². The van der Waals surface area contributed by atoms with Gasteiger partial charge in [0, 0.05) is 24.3 Å². The Hall–Kier alpha value is -3.14. The number of halogens is 3. The van der Waals surface area contributed by atoms with Crippen LogP contribution in [-0.2, 0) is 6.54 Å². The van der Waals surface area contributed by atoms with Crippen LogP contribution in [0, 0.1) is 13.8 Å². The molecule has 0 aliphatic carbocycles. The van der Waals surface area contributed by atoms with Crippen LogP contribution in [0.1, 0.15) is 33.6 Å². The standard InChI is InChI=1S/C25H23F3N/c1-19-6-10-21(11-7-19)14-16-23-4-3-5-24(29(23)18-25(26,27)28)17-15-22-12-8-20(2)9-13-22/h3-17H,18H2,1-2H3/q+1/b16-14+,17-15+. The Kier molecular flexibility index (Phi) is 6.32. The molecule has 0 aliphatic heterocycles. The molecule has 3 aromatic rings. The second kappa shape index (κ2) is 8.91. The fourth-order valence-electron chi connectivity index (χ4n) is 2.95. The van der Waals surface area contributed by atoms with E-state index in [1.807, 2.05) is 74.5 Å². The van der Waals surface area contributed by atoms with E-state index in [1.54, 1.807) is 30.4 Å². The average molecular weight is 394 g/mol. The van der Waals surface area contributed by atoms with Crippen LogP contribution in [0.25, 0.3) is 24.3 Å². The van der Waals surface area contributed by atoms with Crippen molar-refractivity contribution in [2.75, 3.05) is 0 Å². The van der Waals surface area contributed by atoms with Gasteiger partial charge in [-0.15, -0.1) is 0 Å². The molecule has 0 radical (unpaired) electrons. The maximum absolute atomic E-state index is 13.2. The lowest BCUT2D eigenvalue weighted by Crippen LogP contribution is -2.46. The third-order valence-corrected chi connectivity index (χ3v) is 4.54. The highest BCUT2D eigenvalue weighted by molar-refractivity contribution is 5.69. The van der Waals surface area contributed by atoms with Crippen molar-refractivity contribution < 1.29 is 17.7 Å². The summed E-state index contributed by atoms with van der Waals surface area (Å²) in [5.41, 5.74) is 5.14. The summed E-state index contributed by atoms with van der Waals surface area (Å²) in [5.74, 6) is 0. The first-order valence-corrected chi connectivity index (χ1v) is 9.39. The first-order chi connectivity index (χ1) is 13.8. The first-order valence-electron chi connectivity index (χ1n) is 9.39. The summed E-state index contributed by atoms with van der Waals surface area (Å²) in [4.78, 5) is 0. The summed E-state index contributed by atoms with van der Waals surface area (Å²) in [6.45, 7) is 2.94. The van der Waals surface area contributed by atoms with Crippen LogP contribution >= 0.6 is 0 Å². The van der Waals surface area contributed by atoms with Crippen LogP contribution in [0.3, 0.4) is 0 Å². The number of benzene rings is 2. The number of rotatable bonds is 5. The lowest BCUT2D eigenvalue weighted by molar-refractivity contribution is -0.722. The van der Waals surface area contributed by atoms with E-state index in [-0.39, 0.29) is 0 Å². The van der Waals surface area contributed by atoms with E-state index in [0.29, 0.717) is 11.4 Å². The molecule has 0 amide bonds. The molecule has 148 valence electrons. The molecule has 0 saturated carbocycles. The highest BCUT2D eigenvalue weighted by Gasteiger charge is 2.35. The minimum Gasteiger partial charge on any atom is -0.183 e. The van der Waals surface area contributed by atoms with Crippen LogP contribution in [-0.4, -0.2) is 6.18 Å². The molecule has 0 bridgehead atoms. The summed E-state index contributed by atoms with van der Waals surface area (Å²) in [7, 11) is 0. The van der Waals surface area contributed by atoms with E-state index in [1.165, 1.54) is 4.57 Å². The lowest BCUT2D eigenvalue weighted by atomic mass is 10.1. The molecule has 3 rings (SSSR count). The van der Waals surface area contributed by atoms with Gasteiger partial charge in [-0.05, 0) is 43.2 Å². The van der Waals surface area contributed by atoms with Crippen molar-refractivity contribution >= 4 is 24.3 Å². The maximum Gasteiger partial charge on any atom is 0.448 e. The summed E-state index contributed by atoms with van der Waals surface area (Å²) >= 11 is 0. The van der Waals surface area contributed by atoms with Crippen LogP contribution in [0.15, 0.2) is 66.7 Å². The Labute approximate surface area is 169 Å². The molecule has 29 heavy (non-hydrogen) atoms. The van der Waals surface area contributed by atoms with Gasteiger partial charge < -0.3 is 0 Å². The third kappa shape index (κ3) is 6.18. The largest absolute Gasteiger partial charge is 0.448 e. The van der Waals surface area contributed by atoms with Gasteiger partial charge in [-0.1, -0.05) is 59.7 Å². The number of hydrogen-bond acceptors (Lipinski definition) is 0. The molecule has 1 aromatic heterocycles. The zero-order valence-corrected chi connectivity index (χ0v) is 16.4. The topological polar surface area (TPSA) is 3.88 Å². The smallest absolute Gasteiger partial charge is 0.183 e. The molecule has 0 atom stereocenters. The molecule has 0 fully saturated rings. The molecule has 4 heteroatoms. The molecule has 0 saturated heterocycles. The lowest BCUT2D eigenvalue weighted by Gasteiger charge is -2.07. The van der Waals surface area contributed by atoms with Gasteiger partial charge in [-0.2, -0.15) is 17.7 Å². The number of alkyl halides is 3. The molecular formula is C25H23F3N+. The Balaban J connectivity index is 1.96. The van der Waals surface area contributed by atoms with E-state index in [4.69, 9.17) is 0 Å². The number of aryl methyl sites for hydroxylation is 2. The number of aromatic nitrogens is 1. The second-order valence-corrected chi connectivity index (χ2v) is 7.06. The van der Waals surface area contributed by atoms with Gasteiger partial charge in [0.2, 0.25) is 17.9 Å². The fraction of sp³-hybridized carbons (Fsp3) is 0.160. The molecule has 0 aliphatic rings. The summed E-state index contributed by atoms with van der Waals surface area (Å²) in [6, 6.07) is 20.9. The minimum absolute atomic E-state index is 0.494. The van der Waals surface area contributed by atoms with Crippen LogP contribution in [0.5, 0.6) is 0 Å². The van der Waals surface area contributed by atoms with Crippen molar-refractivity contribution in [3.63, 3.8) is 0 Å². The van der Waals surface area contributed by atoms with Crippen molar-refractivity contribution in [1.82, 2.24) is 0 Å². The van der Waals surface area contributed by atoms with Gasteiger partial charge in [-0.3, -0.25) is 0 Å². The predicted octanol–water partition coefficient (Wildman–Crippen LogP) is 6.49.